The summed E-state index contributed by atoms with van der Waals surface area (Å²) in [5.74, 6) is 0. The van der Waals surface area contributed by atoms with Crippen molar-refractivity contribution in [3.05, 3.63) is 66.8 Å². The van der Waals surface area contributed by atoms with E-state index in [9.17, 15) is 0 Å². The van der Waals surface area contributed by atoms with Gasteiger partial charge < -0.3 is 0 Å². The van der Waals surface area contributed by atoms with Crippen LogP contribution in [0.3, 0.4) is 0 Å². The minimum Gasteiger partial charge on any atom is -0.0550 e. The zero-order chi connectivity index (χ0) is 21.9. The van der Waals surface area contributed by atoms with Crippen LogP contribution in [0.4, 0.5) is 0 Å². The number of benzene rings is 2. The van der Waals surface area contributed by atoms with Crippen LogP contribution in [0.5, 0.6) is 0 Å². The van der Waals surface area contributed by atoms with E-state index < -0.39 is 0 Å². The molecule has 0 saturated carbocycles. The van der Waals surface area contributed by atoms with Crippen LogP contribution in [0.2, 0.25) is 0 Å². The van der Waals surface area contributed by atoms with Gasteiger partial charge in [0.25, 0.3) is 0 Å². The molecular formula is C28H42. The Balaban J connectivity index is 2.92. The summed E-state index contributed by atoms with van der Waals surface area (Å²) in [4.78, 5) is 0. The van der Waals surface area contributed by atoms with Crippen molar-refractivity contribution >= 4 is 0 Å². The average Bonchev–Trinajstić information content (AvgIpc) is 2.61. The van der Waals surface area contributed by atoms with Crippen LogP contribution in [-0.2, 0) is 10.8 Å². The lowest BCUT2D eigenvalue weighted by Gasteiger charge is -2.47. The van der Waals surface area contributed by atoms with Crippen molar-refractivity contribution < 1.29 is 0 Å². The average molecular weight is 379 g/mol. The molecule has 0 unspecified atom stereocenters. The van der Waals surface area contributed by atoms with Gasteiger partial charge in [-0.05, 0) is 147 Å². The largest absolute Gasteiger partial charge is 0.0550 e. The Bertz CT molecular complexity index is 811. The molecule has 154 valence electrons. The second kappa shape index (κ2) is 7.05. The first-order valence-corrected chi connectivity index (χ1v) is 10.8. The van der Waals surface area contributed by atoms with Gasteiger partial charge in [-0.3, -0.25) is 0 Å². The quantitative estimate of drug-likeness (QED) is 0.507. The van der Waals surface area contributed by atoms with Crippen molar-refractivity contribution in [2.24, 2.45) is 0 Å². The second-order valence-corrected chi connectivity index (χ2v) is 10.2. The fourth-order valence-electron chi connectivity index (χ4n) is 5.50. The molecule has 0 nitrogen and oxygen atoms in total. The molecule has 0 saturated heterocycles. The summed E-state index contributed by atoms with van der Waals surface area (Å²) in [5.41, 5.74) is 17.6. The molecule has 0 aliphatic carbocycles. The Morgan fingerprint density at radius 3 is 0.607 bits per heavy atom. The summed E-state index contributed by atoms with van der Waals surface area (Å²) in [6.45, 7) is 32.9. The Morgan fingerprint density at radius 1 is 0.286 bits per heavy atom. The van der Waals surface area contributed by atoms with E-state index in [1.54, 1.807) is 0 Å². The van der Waals surface area contributed by atoms with E-state index in [1.807, 2.05) is 0 Å². The van der Waals surface area contributed by atoms with Gasteiger partial charge in [0.05, 0.1) is 0 Å². The van der Waals surface area contributed by atoms with Gasteiger partial charge in [0, 0.05) is 0 Å². The van der Waals surface area contributed by atoms with Gasteiger partial charge in [0.2, 0.25) is 0 Å². The molecule has 0 N–H and O–H groups in total. The highest BCUT2D eigenvalue weighted by Gasteiger charge is 2.44. The van der Waals surface area contributed by atoms with Crippen molar-refractivity contribution in [1.29, 1.82) is 0 Å². The van der Waals surface area contributed by atoms with Crippen LogP contribution in [0, 0.1) is 69.2 Å². The third kappa shape index (κ3) is 2.95. The number of hydrogen-bond donors (Lipinski definition) is 0. The summed E-state index contributed by atoms with van der Waals surface area (Å²) in [7, 11) is 0. The van der Waals surface area contributed by atoms with E-state index in [0.717, 1.165) is 0 Å². The topological polar surface area (TPSA) is 0 Å². The molecule has 0 aliphatic rings. The molecule has 2 rings (SSSR count). The Morgan fingerprint density at radius 2 is 0.429 bits per heavy atom. The first-order valence-electron chi connectivity index (χ1n) is 10.8. The Kier molecular flexibility index (Phi) is 5.72. The lowest BCUT2D eigenvalue weighted by molar-refractivity contribution is 0.297. The van der Waals surface area contributed by atoms with E-state index >= 15 is 0 Å². The monoisotopic (exact) mass is 378 g/mol. The molecule has 2 aromatic rings. The third-order valence-corrected chi connectivity index (χ3v) is 8.81. The van der Waals surface area contributed by atoms with E-state index in [4.69, 9.17) is 0 Å². The molecule has 0 heterocycles. The van der Waals surface area contributed by atoms with Crippen molar-refractivity contribution in [2.75, 3.05) is 0 Å². The zero-order valence-corrected chi connectivity index (χ0v) is 21.0. The van der Waals surface area contributed by atoms with E-state index in [2.05, 4.69) is 96.9 Å². The highest BCUT2D eigenvalue weighted by molar-refractivity contribution is 5.58. The maximum Gasteiger partial charge on any atom is -0.000640 e. The normalized spacial score (nSPS) is 12.6. The molecule has 0 spiro atoms. The zero-order valence-electron chi connectivity index (χ0n) is 21.0. The minimum atomic E-state index is 0.00798. The highest BCUT2D eigenvalue weighted by atomic mass is 14.5. The first kappa shape index (κ1) is 22.7. The SMILES string of the molecule is Cc1c(C)c(C)c(C(C)(C)C(C)(C)c2c(C)c(C)c(C)c(C)c2C)c(C)c1C. The second-order valence-electron chi connectivity index (χ2n) is 10.2. The molecule has 0 atom stereocenters. The van der Waals surface area contributed by atoms with Gasteiger partial charge in [0.1, 0.15) is 0 Å². The van der Waals surface area contributed by atoms with Crippen LogP contribution >= 0.6 is 0 Å². The van der Waals surface area contributed by atoms with E-state index in [1.165, 1.54) is 66.8 Å². The molecule has 0 bridgehead atoms. The maximum atomic E-state index is 2.46. The van der Waals surface area contributed by atoms with Gasteiger partial charge in [-0.1, -0.05) is 27.7 Å². The van der Waals surface area contributed by atoms with Gasteiger partial charge in [-0.2, -0.15) is 0 Å². The maximum absolute atomic E-state index is 2.46. The van der Waals surface area contributed by atoms with Crippen molar-refractivity contribution in [2.45, 2.75) is 108 Å². The lowest BCUT2D eigenvalue weighted by Crippen LogP contribution is -2.43. The molecule has 0 heteroatoms. The molecule has 0 amide bonds. The van der Waals surface area contributed by atoms with Gasteiger partial charge in [-0.15, -0.1) is 0 Å². The van der Waals surface area contributed by atoms with Gasteiger partial charge in [0.15, 0.2) is 0 Å². The summed E-state index contributed by atoms with van der Waals surface area (Å²) in [6.07, 6.45) is 0. The van der Waals surface area contributed by atoms with Crippen LogP contribution in [0.15, 0.2) is 0 Å². The molecule has 0 radical (unpaired) electrons. The van der Waals surface area contributed by atoms with E-state index in [-0.39, 0.29) is 10.8 Å². The molecule has 28 heavy (non-hydrogen) atoms. The third-order valence-electron chi connectivity index (χ3n) is 8.81. The fraction of sp³-hybridized carbons (Fsp3) is 0.571. The van der Waals surface area contributed by atoms with Crippen molar-refractivity contribution in [1.82, 2.24) is 0 Å². The van der Waals surface area contributed by atoms with Crippen molar-refractivity contribution in [3.63, 3.8) is 0 Å². The molecular weight excluding hydrogens is 336 g/mol. The standard InChI is InChI=1S/C28H42/c1-15-17(3)21(7)25(22(8)18(15)4)27(11,12)28(13,14)26-23(9)19(5)16(2)20(6)24(26)10/h1-14H3. The van der Waals surface area contributed by atoms with Crippen LogP contribution in [0.1, 0.15) is 94.5 Å². The summed E-state index contributed by atoms with van der Waals surface area (Å²) in [5, 5.41) is 0. The van der Waals surface area contributed by atoms with Crippen LogP contribution < -0.4 is 0 Å². The predicted octanol–water partition coefficient (Wildman–Crippen LogP) is 8.03. The molecule has 0 aliphatic heterocycles. The summed E-state index contributed by atoms with van der Waals surface area (Å²) >= 11 is 0. The van der Waals surface area contributed by atoms with Gasteiger partial charge in [-0.25, -0.2) is 0 Å². The number of hydrogen-bond acceptors (Lipinski definition) is 0. The number of rotatable bonds is 3. The minimum absolute atomic E-state index is 0.00798. The van der Waals surface area contributed by atoms with Crippen molar-refractivity contribution in [3.8, 4) is 0 Å². The smallest absolute Gasteiger partial charge is 0.000640 e. The molecule has 0 aromatic heterocycles. The van der Waals surface area contributed by atoms with Gasteiger partial charge >= 0.3 is 0 Å². The highest BCUT2D eigenvalue weighted by Crippen LogP contribution is 2.50. The molecule has 0 fully saturated rings. The van der Waals surface area contributed by atoms with Crippen LogP contribution in [0.25, 0.3) is 0 Å². The predicted molar refractivity (Wildman–Crippen MR) is 126 cm³/mol. The Labute approximate surface area is 174 Å². The lowest BCUT2D eigenvalue weighted by atomic mass is 9.57. The first-order chi connectivity index (χ1) is 12.6. The molecule has 2 aromatic carbocycles. The summed E-state index contributed by atoms with van der Waals surface area (Å²) < 4.78 is 0. The summed E-state index contributed by atoms with van der Waals surface area (Å²) in [6, 6.07) is 0. The van der Waals surface area contributed by atoms with Crippen LogP contribution in [-0.4, -0.2) is 0 Å². The fourth-order valence-corrected chi connectivity index (χ4v) is 5.50. The van der Waals surface area contributed by atoms with E-state index in [0.29, 0.717) is 0 Å². The Hall–Kier alpha value is -1.56.